The highest BCUT2D eigenvalue weighted by molar-refractivity contribution is 5.93. The lowest BCUT2D eigenvalue weighted by atomic mass is 9.85. The average molecular weight is 406 g/mol. The lowest BCUT2D eigenvalue weighted by molar-refractivity contribution is -0.140. The molecule has 2 aromatic rings. The molecular weight excluding hydrogens is 384 g/mol. The lowest BCUT2D eigenvalue weighted by Crippen LogP contribution is -2.44. The van der Waals surface area contributed by atoms with E-state index in [2.05, 4.69) is 0 Å². The summed E-state index contributed by atoms with van der Waals surface area (Å²) in [6.45, 7) is 0.247. The molecule has 0 aliphatic heterocycles. The van der Waals surface area contributed by atoms with E-state index in [1.807, 2.05) is 0 Å². The van der Waals surface area contributed by atoms with Crippen LogP contribution >= 0.6 is 0 Å². The first-order valence-corrected chi connectivity index (χ1v) is 9.03. The normalized spacial score (nSPS) is 10.4. The highest BCUT2D eigenvalue weighted by Crippen LogP contribution is 2.26. The molecule has 0 aromatic heterocycles. The number of carbonyl (C=O) groups is 2. The van der Waals surface area contributed by atoms with Crippen LogP contribution < -0.4 is 15.2 Å². The van der Waals surface area contributed by atoms with Crippen molar-refractivity contribution in [2.75, 3.05) is 14.2 Å². The molecule has 2 aromatic carbocycles. The minimum atomic E-state index is -2.19. The number of nitrogens with zero attached hydrogens (tertiary/aromatic N) is 3. The number of methoxy groups -OCH3 is 2. The molecule has 0 bridgehead atoms. The summed E-state index contributed by atoms with van der Waals surface area (Å²) in [5, 5.41) is 19.1. The van der Waals surface area contributed by atoms with E-state index in [0.29, 0.717) is 11.5 Å². The predicted octanol–water partition coefficient (Wildman–Crippen LogP) is 2.14. The van der Waals surface area contributed by atoms with Gasteiger partial charge in [-0.25, -0.2) is 0 Å². The number of nitriles is 2. The van der Waals surface area contributed by atoms with Gasteiger partial charge in [0.1, 0.15) is 11.5 Å². The fraction of sp³-hybridized carbons (Fsp3) is 0.273. The molecule has 0 radical (unpaired) electrons. The Balaban J connectivity index is 2.39. The average Bonchev–Trinajstić information content (AvgIpc) is 2.77. The quantitative estimate of drug-likeness (QED) is 0.679. The molecule has 0 unspecified atom stereocenters. The van der Waals surface area contributed by atoms with Crippen molar-refractivity contribution in [3.05, 3.63) is 59.7 Å². The molecule has 8 heteroatoms. The van der Waals surface area contributed by atoms with Crippen LogP contribution in [0.15, 0.2) is 48.5 Å². The van der Waals surface area contributed by atoms with Gasteiger partial charge < -0.3 is 20.1 Å². The molecule has 0 aliphatic rings. The number of rotatable bonds is 9. The van der Waals surface area contributed by atoms with E-state index in [1.165, 1.54) is 4.90 Å². The molecule has 0 fully saturated rings. The Morgan fingerprint density at radius 3 is 1.60 bits per heavy atom. The zero-order chi connectivity index (χ0) is 22.1. The SMILES string of the molecule is COc1ccc(CN(Cc2ccc(OC)cc2)C(=O)C(C#N)(C#N)CC(N)=O)cc1. The van der Waals surface area contributed by atoms with E-state index in [9.17, 15) is 20.1 Å². The van der Waals surface area contributed by atoms with Crippen molar-refractivity contribution in [3.63, 3.8) is 0 Å². The highest BCUT2D eigenvalue weighted by atomic mass is 16.5. The predicted molar refractivity (Wildman–Crippen MR) is 108 cm³/mol. The summed E-state index contributed by atoms with van der Waals surface area (Å²) >= 11 is 0. The molecule has 2 rings (SSSR count). The Hall–Kier alpha value is -4.04. The Morgan fingerprint density at radius 1 is 0.900 bits per heavy atom. The van der Waals surface area contributed by atoms with Crippen LogP contribution in [-0.4, -0.2) is 30.9 Å². The van der Waals surface area contributed by atoms with Gasteiger partial charge in [-0.15, -0.1) is 0 Å². The summed E-state index contributed by atoms with van der Waals surface area (Å²) in [6.07, 6.45) is -0.680. The van der Waals surface area contributed by atoms with E-state index in [4.69, 9.17) is 15.2 Å². The molecule has 0 spiro atoms. The maximum atomic E-state index is 13.2. The van der Waals surface area contributed by atoms with Crippen molar-refractivity contribution in [2.24, 2.45) is 11.1 Å². The standard InChI is InChI=1S/C22H22N4O4/c1-29-18-7-3-16(4-8-18)12-26(13-17-5-9-19(30-2)10-6-17)21(28)22(14-23,15-24)11-20(25)27/h3-10H,11-13H2,1-2H3,(H2,25,27). The van der Waals surface area contributed by atoms with Crippen LogP contribution in [0.2, 0.25) is 0 Å². The summed E-state index contributed by atoms with van der Waals surface area (Å²) in [7, 11) is 3.10. The van der Waals surface area contributed by atoms with Crippen LogP contribution in [0.1, 0.15) is 17.5 Å². The molecule has 30 heavy (non-hydrogen) atoms. The van der Waals surface area contributed by atoms with E-state index in [1.54, 1.807) is 74.9 Å². The van der Waals surface area contributed by atoms with Crippen molar-refractivity contribution in [1.82, 2.24) is 4.90 Å². The van der Waals surface area contributed by atoms with Crippen molar-refractivity contribution in [3.8, 4) is 23.6 Å². The fourth-order valence-electron chi connectivity index (χ4n) is 2.91. The van der Waals surface area contributed by atoms with E-state index >= 15 is 0 Å². The molecule has 8 nitrogen and oxygen atoms in total. The zero-order valence-electron chi connectivity index (χ0n) is 16.8. The number of amides is 2. The second-order valence-corrected chi connectivity index (χ2v) is 6.63. The Bertz CT molecular complexity index is 909. The minimum Gasteiger partial charge on any atom is -0.497 e. The Labute approximate surface area is 175 Å². The summed E-state index contributed by atoms with van der Waals surface area (Å²) in [5.41, 5.74) is 4.54. The van der Waals surface area contributed by atoms with Crippen LogP contribution in [-0.2, 0) is 22.7 Å². The fourth-order valence-corrected chi connectivity index (χ4v) is 2.91. The van der Waals surface area contributed by atoms with Gasteiger partial charge in [0.2, 0.25) is 11.3 Å². The summed E-state index contributed by atoms with van der Waals surface area (Å²) in [4.78, 5) is 26.0. The monoisotopic (exact) mass is 406 g/mol. The molecule has 154 valence electrons. The number of hydrogen-bond acceptors (Lipinski definition) is 6. The van der Waals surface area contributed by atoms with E-state index in [-0.39, 0.29) is 13.1 Å². The molecule has 0 atom stereocenters. The molecule has 0 saturated heterocycles. The minimum absolute atomic E-state index is 0.124. The van der Waals surface area contributed by atoms with E-state index < -0.39 is 23.7 Å². The molecular formula is C22H22N4O4. The third kappa shape index (κ3) is 5.27. The van der Waals surface area contributed by atoms with Crippen LogP contribution in [0, 0.1) is 28.1 Å². The topological polar surface area (TPSA) is 129 Å². The van der Waals surface area contributed by atoms with Crippen molar-refractivity contribution in [1.29, 1.82) is 10.5 Å². The van der Waals surface area contributed by atoms with Crippen molar-refractivity contribution in [2.45, 2.75) is 19.5 Å². The van der Waals surface area contributed by atoms with Gasteiger partial charge in [0.15, 0.2) is 0 Å². The largest absolute Gasteiger partial charge is 0.497 e. The van der Waals surface area contributed by atoms with Crippen molar-refractivity contribution >= 4 is 11.8 Å². The summed E-state index contributed by atoms with van der Waals surface area (Å²) < 4.78 is 10.3. The van der Waals surface area contributed by atoms with Gasteiger partial charge in [-0.3, -0.25) is 9.59 Å². The molecule has 0 aliphatic carbocycles. The first kappa shape index (κ1) is 22.3. The number of hydrogen-bond donors (Lipinski definition) is 1. The number of nitrogens with two attached hydrogens (primary N) is 1. The Kier molecular flexibility index (Phi) is 7.38. The van der Waals surface area contributed by atoms with Gasteiger partial charge in [-0.1, -0.05) is 24.3 Å². The third-order valence-electron chi connectivity index (χ3n) is 4.54. The smallest absolute Gasteiger partial charge is 0.258 e. The number of carbonyl (C=O) groups excluding carboxylic acids is 2. The van der Waals surface area contributed by atoms with E-state index in [0.717, 1.165) is 11.1 Å². The molecule has 2 amide bonds. The lowest BCUT2D eigenvalue weighted by Gasteiger charge is -2.28. The van der Waals surface area contributed by atoms with Gasteiger partial charge in [-0.2, -0.15) is 10.5 Å². The van der Waals surface area contributed by atoms with Gasteiger partial charge in [-0.05, 0) is 35.4 Å². The molecule has 0 heterocycles. The summed E-state index contributed by atoms with van der Waals surface area (Å²) in [6, 6.07) is 17.5. The van der Waals surface area contributed by atoms with Crippen LogP contribution in [0.4, 0.5) is 0 Å². The number of benzene rings is 2. The second-order valence-electron chi connectivity index (χ2n) is 6.63. The zero-order valence-corrected chi connectivity index (χ0v) is 16.8. The van der Waals surface area contributed by atoms with Crippen LogP contribution in [0.5, 0.6) is 11.5 Å². The van der Waals surface area contributed by atoms with Crippen LogP contribution in [0.25, 0.3) is 0 Å². The third-order valence-corrected chi connectivity index (χ3v) is 4.54. The number of ether oxygens (including phenoxy) is 2. The second kappa shape index (κ2) is 9.94. The van der Waals surface area contributed by atoms with Crippen LogP contribution in [0.3, 0.4) is 0 Å². The molecule has 2 N–H and O–H groups in total. The van der Waals surface area contributed by atoms with Gasteiger partial charge in [0.25, 0.3) is 5.91 Å². The maximum absolute atomic E-state index is 13.2. The first-order chi connectivity index (χ1) is 14.4. The van der Waals surface area contributed by atoms with Gasteiger partial charge >= 0.3 is 0 Å². The maximum Gasteiger partial charge on any atom is 0.258 e. The number of primary amides is 1. The highest BCUT2D eigenvalue weighted by Gasteiger charge is 2.44. The van der Waals surface area contributed by atoms with Gasteiger partial charge in [0.05, 0.1) is 32.8 Å². The van der Waals surface area contributed by atoms with Gasteiger partial charge in [0, 0.05) is 13.1 Å². The Morgan fingerprint density at radius 2 is 1.30 bits per heavy atom. The summed E-state index contributed by atoms with van der Waals surface area (Å²) in [5.74, 6) is -0.369. The van der Waals surface area contributed by atoms with Crippen molar-refractivity contribution < 1.29 is 19.1 Å². The first-order valence-electron chi connectivity index (χ1n) is 9.03. The molecule has 0 saturated carbocycles.